The van der Waals surface area contributed by atoms with Crippen LogP contribution < -0.4 is 0 Å². The first-order valence-electron chi connectivity index (χ1n) is 7.67. The van der Waals surface area contributed by atoms with Gasteiger partial charge in [0.1, 0.15) is 29.8 Å². The molecule has 14 nitrogen and oxygen atoms in total. The van der Waals surface area contributed by atoms with E-state index in [4.69, 9.17) is 25.2 Å². The zero-order valence-electron chi connectivity index (χ0n) is 14.1. The lowest BCUT2D eigenvalue weighted by Crippen LogP contribution is -2.80. The number of ether oxygens (including phenoxy) is 1. The lowest BCUT2D eigenvalue weighted by atomic mass is 9.65. The summed E-state index contributed by atoms with van der Waals surface area (Å²) in [5.41, 5.74) is -6.79. The summed E-state index contributed by atoms with van der Waals surface area (Å²) in [6, 6.07) is 0. The Morgan fingerprint density at radius 1 is 0.786 bits per heavy atom. The van der Waals surface area contributed by atoms with Crippen LogP contribution in [0.3, 0.4) is 0 Å². The summed E-state index contributed by atoms with van der Waals surface area (Å²) in [5.74, 6) is -10.6. The standard InChI is InChI=1S/C14H20O14/c15-5(1-6(16)17)10-12(25,2-7(18)19)13(26,3-8(20)21)11(24)14(27,28-10)4-9(22)23/h5,10-11,15,24-27H,1-4H2,(H,16,17)(H,18,19)(H,20,21)(H,22,23)/t5?,10-,11-,12+,13-,14?/m1/s1. The van der Waals surface area contributed by atoms with E-state index in [1.807, 2.05) is 0 Å². The van der Waals surface area contributed by atoms with E-state index in [0.29, 0.717) is 0 Å². The molecule has 0 amide bonds. The Hall–Kier alpha value is -2.36. The lowest BCUT2D eigenvalue weighted by molar-refractivity contribution is -0.408. The molecule has 1 aliphatic rings. The minimum Gasteiger partial charge on any atom is -0.481 e. The number of carboxylic acid groups (broad SMARTS) is 4. The second kappa shape index (κ2) is 7.94. The molecule has 28 heavy (non-hydrogen) atoms. The van der Waals surface area contributed by atoms with Crippen molar-refractivity contribution >= 4 is 23.9 Å². The number of aliphatic carboxylic acids is 4. The molecule has 1 saturated heterocycles. The summed E-state index contributed by atoms with van der Waals surface area (Å²) in [7, 11) is 0. The molecule has 1 heterocycles. The highest BCUT2D eigenvalue weighted by atomic mass is 16.7. The fourth-order valence-corrected chi connectivity index (χ4v) is 3.24. The van der Waals surface area contributed by atoms with Gasteiger partial charge in [-0.15, -0.1) is 0 Å². The molecule has 6 atom stereocenters. The smallest absolute Gasteiger partial charge is 0.308 e. The van der Waals surface area contributed by atoms with Crippen molar-refractivity contribution in [3.8, 4) is 0 Å². The van der Waals surface area contributed by atoms with Crippen LogP contribution in [0.25, 0.3) is 0 Å². The number of carboxylic acids is 4. The fourth-order valence-electron chi connectivity index (χ4n) is 3.24. The van der Waals surface area contributed by atoms with Crippen LogP contribution in [0.2, 0.25) is 0 Å². The quantitative estimate of drug-likeness (QED) is 0.176. The molecule has 160 valence electrons. The largest absolute Gasteiger partial charge is 0.481 e. The number of hydrogen-bond acceptors (Lipinski definition) is 10. The molecule has 9 N–H and O–H groups in total. The monoisotopic (exact) mass is 412 g/mol. The fraction of sp³-hybridized carbons (Fsp3) is 0.714. The van der Waals surface area contributed by atoms with Gasteiger partial charge in [-0.1, -0.05) is 0 Å². The van der Waals surface area contributed by atoms with Crippen molar-refractivity contribution in [3.63, 3.8) is 0 Å². The first-order valence-corrected chi connectivity index (χ1v) is 7.67. The van der Waals surface area contributed by atoms with Crippen molar-refractivity contribution < 1.29 is 69.9 Å². The highest BCUT2D eigenvalue weighted by molar-refractivity contribution is 5.73. The minimum absolute atomic E-state index is 1.23. The van der Waals surface area contributed by atoms with Crippen molar-refractivity contribution in [1.29, 1.82) is 0 Å². The van der Waals surface area contributed by atoms with Gasteiger partial charge in [0.25, 0.3) is 0 Å². The Bertz CT molecular complexity index is 642. The second-order valence-corrected chi connectivity index (χ2v) is 6.51. The Morgan fingerprint density at radius 2 is 1.21 bits per heavy atom. The lowest BCUT2D eigenvalue weighted by Gasteiger charge is -2.58. The first-order chi connectivity index (χ1) is 12.6. The molecule has 0 spiro atoms. The predicted molar refractivity (Wildman–Crippen MR) is 80.7 cm³/mol. The Kier molecular flexibility index (Phi) is 6.72. The van der Waals surface area contributed by atoms with E-state index in [1.165, 1.54) is 0 Å². The third kappa shape index (κ3) is 4.37. The molecule has 0 aromatic rings. The average Bonchev–Trinajstić information content (AvgIpc) is 2.47. The van der Waals surface area contributed by atoms with Crippen molar-refractivity contribution in [3.05, 3.63) is 0 Å². The normalized spacial score (nSPS) is 36.5. The average molecular weight is 412 g/mol. The number of hydrogen-bond donors (Lipinski definition) is 9. The summed E-state index contributed by atoms with van der Waals surface area (Å²) in [4.78, 5) is 44.2. The zero-order valence-corrected chi connectivity index (χ0v) is 14.1. The van der Waals surface area contributed by atoms with Gasteiger partial charge >= 0.3 is 23.9 Å². The number of rotatable bonds is 9. The molecular formula is C14H20O14. The van der Waals surface area contributed by atoms with E-state index < -0.39 is 84.9 Å². The maximum atomic E-state index is 11.2. The molecule has 0 aliphatic carbocycles. The number of aliphatic hydroxyl groups is 5. The summed E-state index contributed by atoms with van der Waals surface area (Å²) < 4.78 is 4.80. The zero-order chi connectivity index (χ0) is 22.1. The molecule has 0 saturated carbocycles. The maximum Gasteiger partial charge on any atom is 0.308 e. The van der Waals surface area contributed by atoms with Gasteiger partial charge in [-0.3, -0.25) is 19.2 Å². The van der Waals surface area contributed by atoms with E-state index in [-0.39, 0.29) is 0 Å². The maximum absolute atomic E-state index is 11.2. The van der Waals surface area contributed by atoms with Gasteiger partial charge in [-0.25, -0.2) is 0 Å². The summed E-state index contributed by atoms with van der Waals surface area (Å²) in [6.07, 6.45) is -13.6. The van der Waals surface area contributed by atoms with E-state index >= 15 is 0 Å². The van der Waals surface area contributed by atoms with Crippen molar-refractivity contribution in [2.45, 2.75) is 61.0 Å². The molecule has 0 aromatic heterocycles. The van der Waals surface area contributed by atoms with Gasteiger partial charge < -0.3 is 50.7 Å². The Morgan fingerprint density at radius 3 is 1.61 bits per heavy atom. The summed E-state index contributed by atoms with van der Waals surface area (Å²) >= 11 is 0. The molecule has 1 fully saturated rings. The molecule has 0 bridgehead atoms. The minimum atomic E-state index is -3.45. The molecular weight excluding hydrogens is 392 g/mol. The van der Waals surface area contributed by atoms with Gasteiger partial charge in [0.2, 0.25) is 5.79 Å². The van der Waals surface area contributed by atoms with Crippen molar-refractivity contribution in [1.82, 2.24) is 0 Å². The van der Waals surface area contributed by atoms with Crippen LogP contribution in [0.4, 0.5) is 0 Å². The molecule has 1 rings (SSSR count). The third-order valence-electron chi connectivity index (χ3n) is 4.41. The van der Waals surface area contributed by atoms with Gasteiger partial charge in [-0.05, 0) is 0 Å². The van der Waals surface area contributed by atoms with E-state index in [2.05, 4.69) is 0 Å². The van der Waals surface area contributed by atoms with Gasteiger partial charge in [-0.2, -0.15) is 0 Å². The topological polar surface area (TPSA) is 260 Å². The number of aliphatic hydroxyl groups excluding tert-OH is 2. The van der Waals surface area contributed by atoms with Crippen LogP contribution in [-0.4, -0.2) is 105 Å². The first kappa shape index (κ1) is 23.7. The van der Waals surface area contributed by atoms with Gasteiger partial charge in [0, 0.05) is 0 Å². The Labute approximate surface area is 155 Å². The summed E-state index contributed by atoms with van der Waals surface area (Å²) in [6.45, 7) is 0. The van der Waals surface area contributed by atoms with Crippen LogP contribution >= 0.6 is 0 Å². The molecule has 0 radical (unpaired) electrons. The van der Waals surface area contributed by atoms with Gasteiger partial charge in [0.05, 0.1) is 25.4 Å². The van der Waals surface area contributed by atoms with E-state index in [1.54, 1.807) is 0 Å². The van der Waals surface area contributed by atoms with E-state index in [9.17, 15) is 44.7 Å². The predicted octanol–water partition coefficient (Wildman–Crippen LogP) is -3.84. The van der Waals surface area contributed by atoms with Gasteiger partial charge in [0.15, 0.2) is 0 Å². The van der Waals surface area contributed by atoms with Crippen molar-refractivity contribution in [2.24, 2.45) is 0 Å². The molecule has 1 aliphatic heterocycles. The van der Waals surface area contributed by atoms with Crippen LogP contribution in [0.15, 0.2) is 0 Å². The highest BCUT2D eigenvalue weighted by Crippen LogP contribution is 2.48. The summed E-state index contributed by atoms with van der Waals surface area (Å²) in [5, 5.41) is 87.9. The van der Waals surface area contributed by atoms with Crippen molar-refractivity contribution in [2.75, 3.05) is 0 Å². The van der Waals surface area contributed by atoms with Crippen LogP contribution in [-0.2, 0) is 23.9 Å². The van der Waals surface area contributed by atoms with Crippen LogP contribution in [0, 0.1) is 0 Å². The molecule has 14 heteroatoms. The molecule has 0 aromatic carbocycles. The number of carbonyl (C=O) groups is 4. The Balaban J connectivity index is 3.67. The SMILES string of the molecule is O=C(O)CC(O)[C@H]1OC(O)(CC(=O)O)[C@H](O)[C@](O)(CC(=O)O)[C@]1(O)CC(=O)O. The van der Waals surface area contributed by atoms with Crippen LogP contribution in [0.1, 0.15) is 25.7 Å². The van der Waals surface area contributed by atoms with E-state index in [0.717, 1.165) is 0 Å². The third-order valence-corrected chi connectivity index (χ3v) is 4.41. The highest BCUT2D eigenvalue weighted by Gasteiger charge is 2.71. The second-order valence-electron chi connectivity index (χ2n) is 6.51. The van der Waals surface area contributed by atoms with Crippen LogP contribution in [0.5, 0.6) is 0 Å². The molecule has 2 unspecified atom stereocenters.